The van der Waals surface area contributed by atoms with E-state index in [9.17, 15) is 22.0 Å². The lowest BCUT2D eigenvalue weighted by atomic mass is 9.74. The van der Waals surface area contributed by atoms with Gasteiger partial charge in [0.05, 0.1) is 0 Å². The molecule has 0 amide bonds. The first-order valence-electron chi connectivity index (χ1n) is 11.1. The topological polar surface area (TPSA) is 25.8 Å². The molecule has 1 aliphatic rings. The molecule has 0 spiro atoms. The Hall–Kier alpha value is -2.05. The molecule has 7 heteroatoms. The third-order valence-corrected chi connectivity index (χ3v) is 6.57. The number of aryl methyl sites for hydroxylation is 1. The average molecular weight is 441 g/mol. The Labute approximate surface area is 180 Å². The smallest absolute Gasteiger partial charge is 0.236 e. The Bertz CT molecular complexity index is 832. The first kappa shape index (κ1) is 23.6. The van der Waals surface area contributed by atoms with Crippen molar-refractivity contribution in [2.75, 3.05) is 0 Å². The van der Waals surface area contributed by atoms with Crippen molar-refractivity contribution >= 4 is 0 Å². The van der Waals surface area contributed by atoms with Crippen LogP contribution in [0.15, 0.2) is 24.5 Å². The zero-order chi connectivity index (χ0) is 22.6. The van der Waals surface area contributed by atoms with E-state index < -0.39 is 23.4 Å². The number of alkyl halides is 3. The molecule has 2 aromatic rings. The summed E-state index contributed by atoms with van der Waals surface area (Å²) in [5.41, 5.74) is -1.10. The first-order chi connectivity index (χ1) is 14.7. The summed E-state index contributed by atoms with van der Waals surface area (Å²) in [5.74, 6) is -1.02. The van der Waals surface area contributed by atoms with Crippen LogP contribution in [0.5, 0.6) is 0 Å². The maximum absolute atomic E-state index is 13.8. The molecule has 1 fully saturated rings. The van der Waals surface area contributed by atoms with Gasteiger partial charge in [0.2, 0.25) is 0 Å². The van der Waals surface area contributed by atoms with E-state index in [1.54, 1.807) is 12.4 Å². The van der Waals surface area contributed by atoms with Crippen LogP contribution in [0.2, 0.25) is 0 Å². The predicted molar refractivity (Wildman–Crippen MR) is 110 cm³/mol. The number of hydrogen-bond acceptors (Lipinski definition) is 2. The van der Waals surface area contributed by atoms with E-state index in [-0.39, 0.29) is 11.4 Å². The van der Waals surface area contributed by atoms with Gasteiger partial charge in [0.15, 0.2) is 5.82 Å². The van der Waals surface area contributed by atoms with Gasteiger partial charge in [-0.25, -0.2) is 18.7 Å². The zero-order valence-corrected chi connectivity index (χ0v) is 18.0. The van der Waals surface area contributed by atoms with E-state index >= 15 is 0 Å². The number of aromatic nitrogens is 2. The third kappa shape index (κ3) is 6.01. The van der Waals surface area contributed by atoms with Crippen LogP contribution in [0.3, 0.4) is 0 Å². The van der Waals surface area contributed by atoms with Crippen molar-refractivity contribution in [1.29, 1.82) is 0 Å². The molecule has 1 heterocycles. The standard InChI is InChI=1S/C24H29F5N2/c1-3-4-15(2)18-9-7-16(8-10-18)5-6-17-13-30-23(31-14-17)19-11-20(25)22(21(26)12-19)24(27,28)29/h11-16,18H,3-10H2,1-2H3. The van der Waals surface area contributed by atoms with Gasteiger partial charge in [-0.3, -0.25) is 0 Å². The van der Waals surface area contributed by atoms with Crippen LogP contribution in [0.25, 0.3) is 11.4 Å². The minimum Gasteiger partial charge on any atom is -0.236 e. The Balaban J connectivity index is 1.57. The van der Waals surface area contributed by atoms with Crippen LogP contribution >= 0.6 is 0 Å². The van der Waals surface area contributed by atoms with E-state index in [0.29, 0.717) is 18.1 Å². The minimum atomic E-state index is -5.09. The monoisotopic (exact) mass is 440 g/mol. The number of nitrogens with zero attached hydrogens (tertiary/aromatic N) is 2. The Morgan fingerprint density at radius 3 is 2.10 bits per heavy atom. The van der Waals surface area contributed by atoms with Crippen LogP contribution in [0, 0.1) is 29.4 Å². The maximum Gasteiger partial charge on any atom is 0.422 e. The van der Waals surface area contributed by atoms with Gasteiger partial charge in [0.1, 0.15) is 17.2 Å². The van der Waals surface area contributed by atoms with Gasteiger partial charge < -0.3 is 0 Å². The lowest BCUT2D eigenvalue weighted by molar-refractivity contribution is -0.142. The maximum atomic E-state index is 13.8. The SMILES string of the molecule is CCCC(C)C1CCC(CCc2cnc(-c3cc(F)c(C(F)(F)F)c(F)c3)nc2)CC1. The minimum absolute atomic E-state index is 0.000643. The molecule has 31 heavy (non-hydrogen) atoms. The van der Waals surface area contributed by atoms with Gasteiger partial charge in [-0.05, 0) is 61.1 Å². The fraction of sp³-hybridized carbons (Fsp3) is 0.583. The van der Waals surface area contributed by atoms with Crippen molar-refractivity contribution in [3.05, 3.63) is 47.3 Å². The van der Waals surface area contributed by atoms with Crippen molar-refractivity contribution in [3.63, 3.8) is 0 Å². The zero-order valence-electron chi connectivity index (χ0n) is 18.0. The largest absolute Gasteiger partial charge is 0.422 e. The molecule has 1 aromatic carbocycles. The molecule has 1 aromatic heterocycles. The number of hydrogen-bond donors (Lipinski definition) is 0. The molecular weight excluding hydrogens is 411 g/mol. The van der Waals surface area contributed by atoms with Crippen LogP contribution in [0.4, 0.5) is 22.0 Å². The molecular formula is C24H29F5N2. The van der Waals surface area contributed by atoms with E-state index in [0.717, 1.165) is 30.2 Å². The number of halogens is 5. The summed E-state index contributed by atoms with van der Waals surface area (Å²) in [6.45, 7) is 4.60. The molecule has 0 saturated heterocycles. The van der Waals surface area contributed by atoms with Gasteiger partial charge in [0, 0.05) is 18.0 Å². The molecule has 0 bridgehead atoms. The normalized spacial score (nSPS) is 20.6. The summed E-state index contributed by atoms with van der Waals surface area (Å²) in [6.07, 6.45) is 7.52. The number of benzene rings is 1. The van der Waals surface area contributed by atoms with Crippen molar-refractivity contribution in [3.8, 4) is 11.4 Å². The number of rotatable bonds is 7. The van der Waals surface area contributed by atoms with Crippen LogP contribution in [-0.2, 0) is 12.6 Å². The summed E-state index contributed by atoms with van der Waals surface area (Å²) in [5, 5.41) is 0. The van der Waals surface area contributed by atoms with Gasteiger partial charge in [-0.15, -0.1) is 0 Å². The summed E-state index contributed by atoms with van der Waals surface area (Å²) in [7, 11) is 0. The molecule has 3 rings (SSSR count). The summed E-state index contributed by atoms with van der Waals surface area (Å²) in [4.78, 5) is 8.23. The highest BCUT2D eigenvalue weighted by Gasteiger charge is 2.38. The quantitative estimate of drug-likeness (QED) is 0.414. The highest BCUT2D eigenvalue weighted by Crippen LogP contribution is 2.37. The average Bonchev–Trinajstić information content (AvgIpc) is 2.71. The second-order valence-electron chi connectivity index (χ2n) is 8.81. The van der Waals surface area contributed by atoms with Gasteiger partial charge in [-0.2, -0.15) is 13.2 Å². The third-order valence-electron chi connectivity index (χ3n) is 6.57. The molecule has 1 atom stereocenters. The molecule has 1 saturated carbocycles. The molecule has 0 aliphatic heterocycles. The van der Waals surface area contributed by atoms with Gasteiger partial charge in [0.25, 0.3) is 0 Å². The van der Waals surface area contributed by atoms with E-state index in [4.69, 9.17) is 0 Å². The fourth-order valence-corrected chi connectivity index (χ4v) is 4.71. The molecule has 170 valence electrons. The van der Waals surface area contributed by atoms with Crippen LogP contribution < -0.4 is 0 Å². The second kappa shape index (κ2) is 10.0. The Kier molecular flexibility index (Phi) is 7.65. The predicted octanol–water partition coefficient (Wildman–Crippen LogP) is 7.62. The van der Waals surface area contributed by atoms with Crippen molar-refractivity contribution in [2.45, 2.75) is 71.4 Å². The molecule has 0 N–H and O–H groups in total. The lowest BCUT2D eigenvalue weighted by Crippen LogP contribution is -2.20. The second-order valence-corrected chi connectivity index (χ2v) is 8.81. The summed E-state index contributed by atoms with van der Waals surface area (Å²) >= 11 is 0. The van der Waals surface area contributed by atoms with E-state index in [2.05, 4.69) is 23.8 Å². The van der Waals surface area contributed by atoms with E-state index in [1.807, 2.05) is 0 Å². The van der Waals surface area contributed by atoms with Crippen molar-refractivity contribution < 1.29 is 22.0 Å². The fourth-order valence-electron chi connectivity index (χ4n) is 4.71. The highest BCUT2D eigenvalue weighted by molar-refractivity contribution is 5.56. The van der Waals surface area contributed by atoms with Gasteiger partial charge >= 0.3 is 6.18 Å². The van der Waals surface area contributed by atoms with Crippen LogP contribution in [-0.4, -0.2) is 9.97 Å². The van der Waals surface area contributed by atoms with Crippen molar-refractivity contribution in [1.82, 2.24) is 9.97 Å². The van der Waals surface area contributed by atoms with E-state index in [1.165, 1.54) is 38.5 Å². The summed E-state index contributed by atoms with van der Waals surface area (Å²) < 4.78 is 65.8. The Morgan fingerprint density at radius 1 is 1.00 bits per heavy atom. The molecule has 1 aliphatic carbocycles. The summed E-state index contributed by atoms with van der Waals surface area (Å²) in [6, 6.07) is 1.25. The molecule has 0 radical (unpaired) electrons. The highest BCUT2D eigenvalue weighted by atomic mass is 19.4. The van der Waals surface area contributed by atoms with Crippen LogP contribution in [0.1, 0.15) is 69.9 Å². The molecule has 2 nitrogen and oxygen atoms in total. The lowest BCUT2D eigenvalue weighted by Gasteiger charge is -2.32. The first-order valence-corrected chi connectivity index (χ1v) is 11.1. The molecule has 1 unspecified atom stereocenters. The van der Waals surface area contributed by atoms with Crippen molar-refractivity contribution in [2.24, 2.45) is 17.8 Å². The van der Waals surface area contributed by atoms with Gasteiger partial charge in [-0.1, -0.05) is 39.5 Å². The Morgan fingerprint density at radius 2 is 1.58 bits per heavy atom.